The number of carbonyl (C=O) groups excluding carboxylic acids is 3. The van der Waals surface area contributed by atoms with Crippen molar-refractivity contribution < 1.29 is 23.8 Å². The van der Waals surface area contributed by atoms with Crippen molar-refractivity contribution in [1.29, 1.82) is 0 Å². The molecule has 2 aromatic carbocycles. The van der Waals surface area contributed by atoms with Crippen molar-refractivity contribution in [3.05, 3.63) is 101 Å². The van der Waals surface area contributed by atoms with Crippen LogP contribution < -0.4 is 4.98 Å². The highest BCUT2D eigenvalue weighted by molar-refractivity contribution is 6.44. The Morgan fingerprint density at radius 3 is 2.37 bits per heavy atom. The minimum Gasteiger partial charge on any atom is -0.323 e. The molecule has 2 atom stereocenters. The molecule has 5 nitrogen and oxygen atoms in total. The number of aromatic nitrogens is 1. The smallest absolute Gasteiger partial charge is 0.291 e. The minimum absolute atomic E-state index is 0.155. The normalized spacial score (nSPS) is 18.7. The zero-order valence-electron chi connectivity index (χ0n) is 15.7. The van der Waals surface area contributed by atoms with Gasteiger partial charge in [0.15, 0.2) is 18.2 Å². The van der Waals surface area contributed by atoms with Gasteiger partial charge in [0, 0.05) is 22.2 Å². The molecule has 2 unspecified atom stereocenters. The number of benzene rings is 2. The highest BCUT2D eigenvalue weighted by atomic mass is 35.5. The van der Waals surface area contributed by atoms with Crippen molar-refractivity contribution in [2.45, 2.75) is 12.6 Å². The molecule has 0 aliphatic carbocycles. The Morgan fingerprint density at radius 2 is 1.73 bits per heavy atom. The summed E-state index contributed by atoms with van der Waals surface area (Å²) in [5.74, 6) is -3.73. The Kier molecular flexibility index (Phi) is 5.42. The second-order valence-corrected chi connectivity index (χ2v) is 7.49. The summed E-state index contributed by atoms with van der Waals surface area (Å²) in [5.41, 5.74) is 1.59. The third-order valence-electron chi connectivity index (χ3n) is 5.15. The maximum absolute atomic E-state index is 13.3. The van der Waals surface area contributed by atoms with Crippen LogP contribution in [0.5, 0.6) is 0 Å². The number of nitrogens with zero attached hydrogens (tertiary/aromatic N) is 1. The number of nitrogens with one attached hydrogen (secondary N) is 1. The SMILES string of the molecule is O=C1C(=O)N(Cc2ccc[nH+]c2)C(c2ccc(Cl)cc2)C1C(=O)c1ccc(F)cc1. The number of pyridine rings is 1. The molecule has 1 amide bonds. The summed E-state index contributed by atoms with van der Waals surface area (Å²) in [7, 11) is 0. The second kappa shape index (κ2) is 8.16. The number of rotatable bonds is 5. The molecule has 0 radical (unpaired) electrons. The molecule has 0 bridgehead atoms. The van der Waals surface area contributed by atoms with Gasteiger partial charge in [0.2, 0.25) is 5.78 Å². The van der Waals surface area contributed by atoms with Gasteiger partial charge < -0.3 is 4.90 Å². The number of hydrogen-bond donors (Lipinski definition) is 0. The van der Waals surface area contributed by atoms with Crippen LogP contribution in [0, 0.1) is 11.7 Å². The number of hydrogen-bond acceptors (Lipinski definition) is 3. The predicted octanol–water partition coefficient (Wildman–Crippen LogP) is 3.44. The fraction of sp³-hybridized carbons (Fsp3) is 0.130. The van der Waals surface area contributed by atoms with Crippen LogP contribution in [0.1, 0.15) is 27.5 Å². The molecule has 1 aromatic heterocycles. The van der Waals surface area contributed by atoms with Crippen LogP contribution in [0.2, 0.25) is 5.02 Å². The highest BCUT2D eigenvalue weighted by Gasteiger charge is 2.51. The van der Waals surface area contributed by atoms with Gasteiger partial charge in [0.1, 0.15) is 11.7 Å². The summed E-state index contributed by atoms with van der Waals surface area (Å²) < 4.78 is 13.3. The Labute approximate surface area is 177 Å². The van der Waals surface area contributed by atoms with E-state index in [2.05, 4.69) is 4.98 Å². The summed E-state index contributed by atoms with van der Waals surface area (Å²) >= 11 is 6.00. The third-order valence-corrected chi connectivity index (χ3v) is 5.40. The van der Waals surface area contributed by atoms with Gasteiger partial charge >= 0.3 is 0 Å². The number of carbonyl (C=O) groups is 3. The largest absolute Gasteiger partial charge is 0.323 e. The maximum atomic E-state index is 13.3. The van der Waals surface area contributed by atoms with E-state index in [1.54, 1.807) is 42.7 Å². The van der Waals surface area contributed by atoms with E-state index in [-0.39, 0.29) is 12.1 Å². The first-order valence-corrected chi connectivity index (χ1v) is 9.68. The van der Waals surface area contributed by atoms with E-state index in [1.165, 1.54) is 17.0 Å². The first-order valence-electron chi connectivity index (χ1n) is 9.31. The average Bonchev–Trinajstić information content (AvgIpc) is 3.00. The van der Waals surface area contributed by atoms with Gasteiger partial charge in [-0.15, -0.1) is 0 Å². The Morgan fingerprint density at radius 1 is 1.03 bits per heavy atom. The van der Waals surface area contributed by atoms with E-state index in [0.717, 1.165) is 17.7 Å². The Bertz CT molecular complexity index is 1100. The summed E-state index contributed by atoms with van der Waals surface area (Å²) in [5, 5.41) is 0.500. The van der Waals surface area contributed by atoms with Gasteiger partial charge in [0.25, 0.3) is 5.91 Å². The fourth-order valence-electron chi connectivity index (χ4n) is 3.71. The van der Waals surface area contributed by atoms with Crippen LogP contribution in [-0.4, -0.2) is 22.4 Å². The van der Waals surface area contributed by atoms with Crippen molar-refractivity contribution in [2.75, 3.05) is 0 Å². The molecule has 1 saturated heterocycles. The van der Waals surface area contributed by atoms with Gasteiger partial charge in [-0.1, -0.05) is 23.7 Å². The number of aromatic amines is 1. The van der Waals surface area contributed by atoms with Crippen LogP contribution in [0.15, 0.2) is 73.1 Å². The molecule has 4 rings (SSSR count). The van der Waals surface area contributed by atoms with Crippen LogP contribution in [0.3, 0.4) is 0 Å². The average molecular weight is 424 g/mol. The summed E-state index contributed by atoms with van der Waals surface area (Å²) in [6, 6.07) is 14.5. The van der Waals surface area contributed by atoms with E-state index >= 15 is 0 Å². The van der Waals surface area contributed by atoms with E-state index in [9.17, 15) is 18.8 Å². The minimum atomic E-state index is -1.23. The van der Waals surface area contributed by atoms with Crippen molar-refractivity contribution >= 4 is 29.1 Å². The lowest BCUT2D eigenvalue weighted by molar-refractivity contribution is -0.378. The summed E-state index contributed by atoms with van der Waals surface area (Å²) in [6.45, 7) is 0.155. The lowest BCUT2D eigenvalue weighted by atomic mass is 9.86. The van der Waals surface area contributed by atoms with Gasteiger partial charge in [-0.05, 0) is 48.0 Å². The van der Waals surface area contributed by atoms with Gasteiger partial charge in [-0.3, -0.25) is 14.4 Å². The van der Waals surface area contributed by atoms with Crippen LogP contribution in [0.25, 0.3) is 0 Å². The fourth-order valence-corrected chi connectivity index (χ4v) is 3.83. The molecule has 7 heteroatoms. The zero-order valence-corrected chi connectivity index (χ0v) is 16.5. The number of halogens is 2. The molecular formula is C23H17ClFN2O3+. The van der Waals surface area contributed by atoms with Crippen molar-refractivity contribution in [3.63, 3.8) is 0 Å². The molecule has 1 N–H and O–H groups in total. The Hall–Kier alpha value is -3.38. The van der Waals surface area contributed by atoms with Gasteiger partial charge in [-0.25, -0.2) is 9.37 Å². The zero-order chi connectivity index (χ0) is 21.3. The maximum Gasteiger partial charge on any atom is 0.291 e. The molecule has 30 heavy (non-hydrogen) atoms. The quantitative estimate of drug-likeness (QED) is 0.358. The van der Waals surface area contributed by atoms with E-state index in [1.807, 2.05) is 6.07 Å². The van der Waals surface area contributed by atoms with Gasteiger partial charge in [-0.2, -0.15) is 0 Å². The Balaban J connectivity index is 1.77. The summed E-state index contributed by atoms with van der Waals surface area (Å²) in [4.78, 5) is 43.4. The van der Waals surface area contributed by atoms with Crippen LogP contribution >= 0.6 is 11.6 Å². The molecule has 150 valence electrons. The standard InChI is InChI=1S/C23H16ClFN2O3/c24-17-7-3-15(4-8-17)20-19(21(28)16-5-9-18(25)10-6-16)22(29)23(30)27(20)13-14-2-1-11-26-12-14/h1-12,19-20H,13H2/p+1. The second-order valence-electron chi connectivity index (χ2n) is 7.05. The lowest BCUT2D eigenvalue weighted by Crippen LogP contribution is -2.30. The molecule has 1 aliphatic rings. The molecule has 0 saturated carbocycles. The van der Waals surface area contributed by atoms with Crippen LogP contribution in [0.4, 0.5) is 4.39 Å². The topological polar surface area (TPSA) is 68.6 Å². The monoisotopic (exact) mass is 423 g/mol. The number of H-pyrrole nitrogens is 1. The first kappa shape index (κ1) is 19.9. The van der Waals surface area contributed by atoms with E-state index in [0.29, 0.717) is 10.6 Å². The third kappa shape index (κ3) is 3.74. The number of Topliss-reactive ketones (excluding diaryl/α,β-unsaturated/α-hetero) is 2. The van der Waals surface area contributed by atoms with E-state index in [4.69, 9.17) is 11.6 Å². The first-order chi connectivity index (χ1) is 14.5. The van der Waals surface area contributed by atoms with E-state index < -0.39 is 35.3 Å². The predicted molar refractivity (Wildman–Crippen MR) is 107 cm³/mol. The number of ketones is 2. The molecule has 3 aromatic rings. The van der Waals surface area contributed by atoms with Crippen molar-refractivity contribution in [2.24, 2.45) is 5.92 Å². The molecular weight excluding hydrogens is 407 g/mol. The molecule has 2 heterocycles. The van der Waals surface area contributed by atoms with Crippen LogP contribution in [-0.2, 0) is 16.1 Å². The lowest BCUT2D eigenvalue weighted by Gasteiger charge is -2.27. The molecule has 1 fully saturated rings. The highest BCUT2D eigenvalue weighted by Crippen LogP contribution is 2.39. The van der Waals surface area contributed by atoms with Crippen molar-refractivity contribution in [3.8, 4) is 0 Å². The van der Waals surface area contributed by atoms with Crippen molar-refractivity contribution in [1.82, 2.24) is 4.90 Å². The summed E-state index contributed by atoms with van der Waals surface area (Å²) in [6.07, 6.45) is 3.46. The molecule has 1 aliphatic heterocycles. The van der Waals surface area contributed by atoms with Gasteiger partial charge in [0.05, 0.1) is 12.6 Å². The number of amides is 1. The molecule has 0 spiro atoms. The number of likely N-dealkylation sites (tertiary alicyclic amines) is 1.